The van der Waals surface area contributed by atoms with E-state index in [4.69, 9.17) is 10.2 Å². The van der Waals surface area contributed by atoms with Gasteiger partial charge >= 0.3 is 12.1 Å². The molecule has 1 heterocycles. The van der Waals surface area contributed by atoms with Crippen LogP contribution in [0.5, 0.6) is 0 Å². The first-order valence-corrected chi connectivity index (χ1v) is 5.86. The number of hydrogen-bond donors (Lipinski definition) is 2. The predicted octanol–water partition coefficient (Wildman–Crippen LogP) is 1.44. The van der Waals surface area contributed by atoms with Crippen LogP contribution in [0.15, 0.2) is 12.1 Å². The number of halogens is 3. The van der Waals surface area contributed by atoms with Crippen LogP contribution in [-0.4, -0.2) is 52.9 Å². The molecule has 0 saturated heterocycles. The van der Waals surface area contributed by atoms with Crippen LogP contribution in [-0.2, 0) is 0 Å². The number of nitrogens with zero attached hydrogens (tertiary/aromatic N) is 1. The second-order valence-corrected chi connectivity index (χ2v) is 4.62. The zero-order chi connectivity index (χ0) is 14.6. The van der Waals surface area contributed by atoms with E-state index in [1.54, 1.807) is 0 Å². The molecule has 19 heavy (non-hydrogen) atoms. The molecule has 0 aromatic carbocycles. The highest BCUT2D eigenvalue weighted by molar-refractivity contribution is 7.15. The summed E-state index contributed by atoms with van der Waals surface area (Å²) in [6.45, 7) is -2.58. The lowest BCUT2D eigenvalue weighted by atomic mass is 10.3. The molecule has 1 aromatic heterocycles. The highest BCUT2D eigenvalue weighted by Crippen LogP contribution is 2.21. The minimum absolute atomic E-state index is 0.116. The molecule has 106 valence electrons. The average molecular weight is 297 g/mol. The third-order valence-corrected chi connectivity index (χ3v) is 3.12. The summed E-state index contributed by atoms with van der Waals surface area (Å²) >= 11 is 0.590. The fraction of sp³-hybridized carbons (Fsp3) is 0.400. The Morgan fingerprint density at radius 3 is 2.26 bits per heavy atom. The second-order valence-electron chi connectivity index (χ2n) is 3.53. The van der Waals surface area contributed by atoms with Crippen LogP contribution in [0, 0.1) is 0 Å². The molecule has 0 bridgehead atoms. The van der Waals surface area contributed by atoms with Gasteiger partial charge in [-0.2, -0.15) is 13.2 Å². The summed E-state index contributed by atoms with van der Waals surface area (Å²) in [5, 5.41) is 17.3. The lowest BCUT2D eigenvalue weighted by molar-refractivity contribution is -0.141. The van der Waals surface area contributed by atoms with E-state index in [9.17, 15) is 22.8 Å². The van der Waals surface area contributed by atoms with Crippen LogP contribution < -0.4 is 0 Å². The van der Waals surface area contributed by atoms with Crippen LogP contribution in [0.4, 0.5) is 13.2 Å². The number of rotatable bonds is 5. The number of hydrogen-bond acceptors (Lipinski definition) is 4. The Morgan fingerprint density at radius 1 is 1.26 bits per heavy atom. The Balaban J connectivity index is 2.89. The number of thiophene rings is 1. The first-order valence-electron chi connectivity index (χ1n) is 5.04. The van der Waals surface area contributed by atoms with Crippen molar-refractivity contribution in [2.24, 2.45) is 0 Å². The van der Waals surface area contributed by atoms with E-state index < -0.39 is 37.7 Å². The van der Waals surface area contributed by atoms with E-state index in [2.05, 4.69) is 0 Å². The standard InChI is InChI=1S/C10H10F3NO4S/c11-10(12,13)5-14(3-4-15)8(16)6-1-2-7(19-6)9(17)18/h1-2,15H,3-5H2,(H,17,18). The molecule has 0 unspecified atom stereocenters. The van der Waals surface area contributed by atoms with Crippen LogP contribution in [0.2, 0.25) is 0 Å². The van der Waals surface area contributed by atoms with Gasteiger partial charge in [0.05, 0.1) is 11.5 Å². The Hall–Kier alpha value is -1.61. The number of aromatic carboxylic acids is 1. The monoisotopic (exact) mass is 297 g/mol. The van der Waals surface area contributed by atoms with Crippen molar-refractivity contribution in [1.82, 2.24) is 4.90 Å². The highest BCUT2D eigenvalue weighted by Gasteiger charge is 2.33. The molecule has 2 N–H and O–H groups in total. The van der Waals surface area contributed by atoms with E-state index >= 15 is 0 Å². The van der Waals surface area contributed by atoms with Gasteiger partial charge in [-0.3, -0.25) is 4.79 Å². The summed E-state index contributed by atoms with van der Waals surface area (Å²) in [6.07, 6.45) is -4.59. The molecule has 1 rings (SSSR count). The normalized spacial score (nSPS) is 11.4. The van der Waals surface area contributed by atoms with Gasteiger partial charge in [-0.25, -0.2) is 4.79 Å². The van der Waals surface area contributed by atoms with Gasteiger partial charge in [0, 0.05) is 6.54 Å². The van der Waals surface area contributed by atoms with Crippen LogP contribution in [0.1, 0.15) is 19.3 Å². The molecule has 0 atom stereocenters. The number of carboxylic acids is 1. The first-order chi connectivity index (χ1) is 8.74. The second kappa shape index (κ2) is 6.02. The number of amides is 1. The summed E-state index contributed by atoms with van der Waals surface area (Å²) in [6, 6.07) is 2.29. The van der Waals surface area contributed by atoms with Crippen LogP contribution in [0.3, 0.4) is 0 Å². The summed E-state index contributed by atoms with van der Waals surface area (Å²) < 4.78 is 36.8. The van der Waals surface area contributed by atoms with E-state index in [1.165, 1.54) is 0 Å². The molecule has 0 saturated carbocycles. The van der Waals surface area contributed by atoms with Gasteiger partial charge in [0.2, 0.25) is 0 Å². The Labute approximate surface area is 109 Å². The smallest absolute Gasteiger partial charge is 0.406 e. The zero-order valence-corrected chi connectivity index (χ0v) is 10.3. The van der Waals surface area contributed by atoms with Crippen molar-refractivity contribution in [3.05, 3.63) is 21.9 Å². The van der Waals surface area contributed by atoms with Gasteiger partial charge in [-0.15, -0.1) is 11.3 Å². The third-order valence-electron chi connectivity index (χ3n) is 2.05. The van der Waals surface area contributed by atoms with Gasteiger partial charge in [0.15, 0.2) is 0 Å². The third kappa shape index (κ3) is 4.52. The molecule has 0 aliphatic carbocycles. The molecule has 9 heteroatoms. The van der Waals surface area contributed by atoms with Gasteiger partial charge in [0.25, 0.3) is 5.91 Å². The number of alkyl halides is 3. The maximum atomic E-state index is 12.3. The van der Waals surface area contributed by atoms with Crippen LogP contribution >= 0.6 is 11.3 Å². The van der Waals surface area contributed by atoms with Crippen molar-refractivity contribution in [3.63, 3.8) is 0 Å². The van der Waals surface area contributed by atoms with Gasteiger partial charge in [-0.05, 0) is 12.1 Å². The van der Waals surface area contributed by atoms with Crippen molar-refractivity contribution >= 4 is 23.2 Å². The van der Waals surface area contributed by atoms with Gasteiger partial charge in [-0.1, -0.05) is 0 Å². The summed E-state index contributed by atoms with van der Waals surface area (Å²) in [4.78, 5) is 22.6. The number of carbonyl (C=O) groups excluding carboxylic acids is 1. The molecular weight excluding hydrogens is 287 g/mol. The van der Waals surface area contributed by atoms with Crippen molar-refractivity contribution < 1.29 is 33.0 Å². The number of aliphatic hydroxyl groups excluding tert-OH is 1. The van der Waals surface area contributed by atoms with Crippen molar-refractivity contribution in [1.29, 1.82) is 0 Å². The van der Waals surface area contributed by atoms with Crippen LogP contribution in [0.25, 0.3) is 0 Å². The predicted molar refractivity (Wildman–Crippen MR) is 60.3 cm³/mol. The molecule has 5 nitrogen and oxygen atoms in total. The fourth-order valence-electron chi connectivity index (χ4n) is 1.31. The van der Waals surface area contributed by atoms with E-state index in [-0.39, 0.29) is 9.75 Å². The van der Waals surface area contributed by atoms with Gasteiger partial charge < -0.3 is 15.1 Å². The minimum Gasteiger partial charge on any atom is -0.477 e. The molecule has 0 fully saturated rings. The van der Waals surface area contributed by atoms with Crippen molar-refractivity contribution in [2.75, 3.05) is 19.7 Å². The van der Waals surface area contributed by atoms with E-state index in [0.717, 1.165) is 12.1 Å². The minimum atomic E-state index is -4.59. The average Bonchev–Trinajstić information content (AvgIpc) is 2.75. The number of aliphatic hydroxyl groups is 1. The molecule has 0 spiro atoms. The maximum absolute atomic E-state index is 12.3. The molecule has 0 radical (unpaired) electrons. The quantitative estimate of drug-likeness (QED) is 0.862. The maximum Gasteiger partial charge on any atom is 0.406 e. The SMILES string of the molecule is O=C(O)c1ccc(C(=O)N(CCO)CC(F)(F)F)s1. The fourth-order valence-corrected chi connectivity index (χ4v) is 2.13. The molecule has 0 aliphatic rings. The zero-order valence-electron chi connectivity index (χ0n) is 9.48. The summed E-state index contributed by atoms with van der Waals surface area (Å²) in [5.74, 6) is -2.21. The summed E-state index contributed by atoms with van der Waals surface area (Å²) in [7, 11) is 0. The number of carbonyl (C=O) groups is 2. The van der Waals surface area contributed by atoms with Crippen molar-refractivity contribution in [3.8, 4) is 0 Å². The Kier molecular flexibility index (Phi) is 4.90. The largest absolute Gasteiger partial charge is 0.477 e. The van der Waals surface area contributed by atoms with Gasteiger partial charge in [0.1, 0.15) is 11.4 Å². The first kappa shape index (κ1) is 15.4. The molecule has 0 aliphatic heterocycles. The Morgan fingerprint density at radius 2 is 1.84 bits per heavy atom. The lowest BCUT2D eigenvalue weighted by Gasteiger charge is -2.22. The van der Waals surface area contributed by atoms with E-state index in [1.807, 2.05) is 0 Å². The molecule has 1 aromatic rings. The van der Waals surface area contributed by atoms with Crippen molar-refractivity contribution in [2.45, 2.75) is 6.18 Å². The Bertz CT molecular complexity index is 472. The number of carboxylic acid groups (broad SMARTS) is 1. The topological polar surface area (TPSA) is 77.8 Å². The molecular formula is C10H10F3NO4S. The lowest BCUT2D eigenvalue weighted by Crippen LogP contribution is -2.40. The van der Waals surface area contributed by atoms with E-state index in [0.29, 0.717) is 16.2 Å². The molecule has 1 amide bonds. The highest BCUT2D eigenvalue weighted by atomic mass is 32.1. The summed E-state index contributed by atoms with van der Waals surface area (Å²) in [5.41, 5.74) is 0.